The number of morpholine rings is 1. The molecule has 17 heavy (non-hydrogen) atoms. The summed E-state index contributed by atoms with van der Waals surface area (Å²) in [5.41, 5.74) is 0.299. The largest absolute Gasteiger partial charge is 0.365 e. The highest BCUT2D eigenvalue weighted by molar-refractivity contribution is 5.73. The third-order valence-electron chi connectivity index (χ3n) is 3.04. The van der Waals surface area contributed by atoms with Gasteiger partial charge in [0.2, 0.25) is 5.91 Å². The smallest absolute Gasteiger partial charge is 0.219 e. The molecule has 0 bridgehead atoms. The third kappa shape index (κ3) is 2.44. The van der Waals surface area contributed by atoms with E-state index >= 15 is 0 Å². The minimum atomic E-state index is -0.530. The molecule has 1 amide bonds. The summed E-state index contributed by atoms with van der Waals surface area (Å²) in [5, 5.41) is 0. The Morgan fingerprint density at radius 1 is 1.59 bits per heavy atom. The molecule has 1 saturated heterocycles. The molecule has 1 aliphatic rings. The summed E-state index contributed by atoms with van der Waals surface area (Å²) in [5.74, 6) is 0.789. The number of hydrogen-bond donors (Lipinski definition) is 0. The van der Waals surface area contributed by atoms with Crippen LogP contribution in [0.2, 0.25) is 0 Å². The van der Waals surface area contributed by atoms with Gasteiger partial charge in [0, 0.05) is 19.7 Å². The van der Waals surface area contributed by atoms with Gasteiger partial charge in [-0.15, -0.1) is 0 Å². The summed E-state index contributed by atoms with van der Waals surface area (Å²) in [6, 6.07) is 1.84. The summed E-state index contributed by atoms with van der Waals surface area (Å²) >= 11 is 0. The fourth-order valence-corrected chi connectivity index (χ4v) is 2.04. The number of amides is 1. The van der Waals surface area contributed by atoms with E-state index in [4.69, 9.17) is 4.74 Å². The van der Waals surface area contributed by atoms with Gasteiger partial charge in [0.05, 0.1) is 18.8 Å². The molecule has 0 N–H and O–H groups in total. The highest BCUT2D eigenvalue weighted by atomic mass is 16.5. The van der Waals surface area contributed by atoms with E-state index in [9.17, 15) is 4.79 Å². The number of carbonyl (C=O) groups is 1. The molecular formula is C12H17N3O2. The second kappa shape index (κ2) is 4.41. The molecule has 5 heteroatoms. The topological polar surface area (TPSA) is 55.3 Å². The van der Waals surface area contributed by atoms with Gasteiger partial charge in [0.15, 0.2) is 0 Å². The number of nitrogens with zero attached hydrogens (tertiary/aromatic N) is 3. The van der Waals surface area contributed by atoms with Crippen LogP contribution in [-0.4, -0.2) is 40.5 Å². The monoisotopic (exact) mass is 235 g/mol. The van der Waals surface area contributed by atoms with Crippen molar-refractivity contribution in [2.24, 2.45) is 0 Å². The average Bonchev–Trinajstić information content (AvgIpc) is 2.29. The first kappa shape index (κ1) is 12.0. The molecule has 0 saturated carbocycles. The molecule has 0 spiro atoms. The van der Waals surface area contributed by atoms with Crippen LogP contribution in [0.15, 0.2) is 12.3 Å². The Balaban J connectivity index is 2.26. The first-order valence-electron chi connectivity index (χ1n) is 5.71. The summed E-state index contributed by atoms with van der Waals surface area (Å²) in [6.45, 7) is 7.12. The van der Waals surface area contributed by atoms with Gasteiger partial charge in [-0.1, -0.05) is 0 Å². The number of carbonyl (C=O) groups excluding carboxylic acids is 1. The number of rotatable bonds is 1. The van der Waals surface area contributed by atoms with E-state index in [-0.39, 0.29) is 5.91 Å². The van der Waals surface area contributed by atoms with E-state index in [1.54, 1.807) is 18.0 Å². The predicted molar refractivity (Wildman–Crippen MR) is 62.3 cm³/mol. The van der Waals surface area contributed by atoms with Gasteiger partial charge in [-0.05, 0) is 19.9 Å². The maximum Gasteiger partial charge on any atom is 0.219 e. The van der Waals surface area contributed by atoms with E-state index in [0.717, 1.165) is 5.69 Å². The number of ether oxygens (including phenoxy) is 1. The molecule has 2 heterocycles. The third-order valence-corrected chi connectivity index (χ3v) is 3.04. The van der Waals surface area contributed by atoms with Crippen LogP contribution in [0.1, 0.15) is 25.4 Å². The molecule has 0 aromatic carbocycles. The maximum absolute atomic E-state index is 11.4. The molecule has 0 aliphatic carbocycles. The van der Waals surface area contributed by atoms with E-state index in [0.29, 0.717) is 25.5 Å². The number of hydrogen-bond acceptors (Lipinski definition) is 4. The SMILES string of the molecule is CC(=O)N1CCOC(C)(c2ccnc(C)n2)C1. The van der Waals surface area contributed by atoms with E-state index in [1.807, 2.05) is 19.9 Å². The number of aryl methyl sites for hydroxylation is 1. The molecule has 1 aliphatic heterocycles. The molecule has 1 fully saturated rings. The molecule has 5 nitrogen and oxygen atoms in total. The minimum Gasteiger partial charge on any atom is -0.365 e. The van der Waals surface area contributed by atoms with Crippen LogP contribution in [0.3, 0.4) is 0 Å². The van der Waals surface area contributed by atoms with Crippen LogP contribution >= 0.6 is 0 Å². The van der Waals surface area contributed by atoms with E-state index < -0.39 is 5.60 Å². The average molecular weight is 235 g/mol. The maximum atomic E-state index is 11.4. The summed E-state index contributed by atoms with van der Waals surface area (Å²) in [4.78, 5) is 21.7. The second-order valence-corrected chi connectivity index (χ2v) is 4.51. The molecule has 1 atom stereocenters. The van der Waals surface area contributed by atoms with E-state index in [2.05, 4.69) is 9.97 Å². The highest BCUT2D eigenvalue weighted by Gasteiger charge is 2.36. The van der Waals surface area contributed by atoms with Gasteiger partial charge in [-0.25, -0.2) is 9.97 Å². The molecule has 1 unspecified atom stereocenters. The van der Waals surface area contributed by atoms with Crippen LogP contribution in [-0.2, 0) is 15.1 Å². The van der Waals surface area contributed by atoms with E-state index in [1.165, 1.54) is 0 Å². The summed E-state index contributed by atoms with van der Waals surface area (Å²) in [7, 11) is 0. The van der Waals surface area contributed by atoms with Crippen molar-refractivity contribution in [2.45, 2.75) is 26.4 Å². The minimum absolute atomic E-state index is 0.0744. The Morgan fingerprint density at radius 3 is 3.00 bits per heavy atom. The first-order chi connectivity index (χ1) is 8.01. The summed E-state index contributed by atoms with van der Waals surface area (Å²) < 4.78 is 5.80. The van der Waals surface area contributed by atoms with Crippen molar-refractivity contribution in [2.75, 3.05) is 19.7 Å². The lowest BCUT2D eigenvalue weighted by molar-refractivity contribution is -0.148. The first-order valence-corrected chi connectivity index (χ1v) is 5.71. The highest BCUT2D eigenvalue weighted by Crippen LogP contribution is 2.27. The Labute approximate surface area is 101 Å². The van der Waals surface area contributed by atoms with Crippen molar-refractivity contribution in [3.05, 3.63) is 23.8 Å². The second-order valence-electron chi connectivity index (χ2n) is 4.51. The zero-order valence-corrected chi connectivity index (χ0v) is 10.4. The Kier molecular flexibility index (Phi) is 3.11. The molecule has 1 aromatic heterocycles. The van der Waals surface area contributed by atoms with Gasteiger partial charge in [-0.3, -0.25) is 4.79 Å². The Morgan fingerprint density at radius 2 is 2.35 bits per heavy atom. The van der Waals surface area contributed by atoms with Crippen LogP contribution in [0.25, 0.3) is 0 Å². The van der Waals surface area contributed by atoms with Crippen molar-refractivity contribution >= 4 is 5.91 Å². The molecule has 1 aromatic rings. The van der Waals surface area contributed by atoms with Crippen LogP contribution < -0.4 is 0 Å². The van der Waals surface area contributed by atoms with Gasteiger partial charge in [0.25, 0.3) is 0 Å². The van der Waals surface area contributed by atoms with Crippen LogP contribution in [0.5, 0.6) is 0 Å². The lowest BCUT2D eigenvalue weighted by atomic mass is 9.99. The standard InChI is InChI=1S/C12H17N3O2/c1-9-13-5-4-11(14-9)12(3)8-15(10(2)16)6-7-17-12/h4-5H,6-8H2,1-3H3. The van der Waals surface area contributed by atoms with Crippen LogP contribution in [0, 0.1) is 6.92 Å². The fraction of sp³-hybridized carbons (Fsp3) is 0.583. The predicted octanol–water partition coefficient (Wildman–Crippen LogP) is 0.879. The number of aromatic nitrogens is 2. The van der Waals surface area contributed by atoms with Crippen LogP contribution in [0.4, 0.5) is 0 Å². The molecule has 0 radical (unpaired) electrons. The van der Waals surface area contributed by atoms with Crippen molar-refractivity contribution in [3.8, 4) is 0 Å². The zero-order valence-electron chi connectivity index (χ0n) is 10.4. The molecule has 2 rings (SSSR count). The lowest BCUT2D eigenvalue weighted by Gasteiger charge is -2.39. The van der Waals surface area contributed by atoms with Crippen molar-refractivity contribution in [3.63, 3.8) is 0 Å². The van der Waals surface area contributed by atoms with Gasteiger partial charge >= 0.3 is 0 Å². The van der Waals surface area contributed by atoms with Crippen molar-refractivity contribution in [1.82, 2.24) is 14.9 Å². The van der Waals surface area contributed by atoms with Crippen molar-refractivity contribution < 1.29 is 9.53 Å². The van der Waals surface area contributed by atoms with Gasteiger partial charge in [0.1, 0.15) is 11.4 Å². The van der Waals surface area contributed by atoms with Gasteiger partial charge in [-0.2, -0.15) is 0 Å². The zero-order chi connectivity index (χ0) is 12.5. The Bertz CT molecular complexity index is 436. The summed E-state index contributed by atoms with van der Waals surface area (Å²) in [6.07, 6.45) is 1.72. The Hall–Kier alpha value is -1.49. The normalized spacial score (nSPS) is 24.8. The molecular weight excluding hydrogens is 218 g/mol. The molecule has 92 valence electrons. The fourth-order valence-electron chi connectivity index (χ4n) is 2.04. The quantitative estimate of drug-likeness (QED) is 0.725. The van der Waals surface area contributed by atoms with Crippen molar-refractivity contribution in [1.29, 1.82) is 0 Å². The lowest BCUT2D eigenvalue weighted by Crippen LogP contribution is -2.50. The van der Waals surface area contributed by atoms with Gasteiger partial charge < -0.3 is 9.64 Å².